The van der Waals surface area contributed by atoms with Crippen molar-refractivity contribution in [1.29, 1.82) is 0 Å². The number of hydrogen-bond acceptors (Lipinski definition) is 8. The zero-order valence-corrected chi connectivity index (χ0v) is 21.6. The number of esters is 1. The number of methoxy groups -OCH3 is 1. The zero-order valence-electron chi connectivity index (χ0n) is 21.6. The van der Waals surface area contributed by atoms with E-state index in [0.29, 0.717) is 29.4 Å². The number of aromatic nitrogens is 1. The van der Waals surface area contributed by atoms with Gasteiger partial charge in [0.15, 0.2) is 17.7 Å². The largest absolute Gasteiger partial charge is 0.490 e. The first kappa shape index (κ1) is 26.6. The standard InChI is InChI=1S/C27H31N5O6/c1-5-37-22-12-17(25-24(26(34)36-4)16(3)30-27(35)31-25)10-11-21(22)38-14-23(33)32-28-13-19-15(2)29-20-9-7-6-8-18(19)20/h6-13,23,25,29,32-33H,5,14H2,1-4H3,(H2,30,31,35)/b28-13-/t23-,25+/m1/s1. The minimum Gasteiger partial charge on any atom is -0.490 e. The number of hydrazone groups is 1. The Hall–Kier alpha value is -4.51. The van der Waals surface area contributed by atoms with E-state index in [-0.39, 0.29) is 12.2 Å². The van der Waals surface area contributed by atoms with Gasteiger partial charge < -0.3 is 34.9 Å². The molecule has 2 aromatic carbocycles. The normalized spacial score (nSPS) is 16.2. The predicted molar refractivity (Wildman–Crippen MR) is 142 cm³/mol. The van der Waals surface area contributed by atoms with Gasteiger partial charge >= 0.3 is 12.0 Å². The number of fused-ring (bicyclic) bond motifs is 1. The molecule has 4 rings (SSSR count). The molecule has 3 aromatic rings. The van der Waals surface area contributed by atoms with Crippen LogP contribution in [0.15, 0.2) is 58.8 Å². The van der Waals surface area contributed by atoms with E-state index in [1.165, 1.54) is 7.11 Å². The Kier molecular flexibility index (Phi) is 8.17. The van der Waals surface area contributed by atoms with E-state index in [2.05, 4.69) is 26.1 Å². The third-order valence-corrected chi connectivity index (χ3v) is 6.03. The summed E-state index contributed by atoms with van der Waals surface area (Å²) in [6.07, 6.45) is 0.561. The van der Waals surface area contributed by atoms with Crippen LogP contribution in [0.4, 0.5) is 4.79 Å². The fourth-order valence-corrected chi connectivity index (χ4v) is 4.27. The molecule has 0 saturated heterocycles. The molecule has 0 saturated carbocycles. The lowest BCUT2D eigenvalue weighted by atomic mass is 9.95. The van der Waals surface area contributed by atoms with Crippen molar-refractivity contribution in [3.63, 3.8) is 0 Å². The number of benzene rings is 2. The highest BCUT2D eigenvalue weighted by atomic mass is 16.5. The first-order valence-corrected chi connectivity index (χ1v) is 12.1. The molecule has 11 heteroatoms. The number of nitrogens with zero attached hydrogens (tertiary/aromatic N) is 1. The van der Waals surface area contributed by atoms with E-state index < -0.39 is 24.3 Å². The van der Waals surface area contributed by atoms with Gasteiger partial charge in [-0.15, -0.1) is 0 Å². The lowest BCUT2D eigenvalue weighted by Gasteiger charge is -2.28. The molecule has 5 N–H and O–H groups in total. The highest BCUT2D eigenvalue weighted by Crippen LogP contribution is 2.35. The Balaban J connectivity index is 1.45. The second kappa shape index (κ2) is 11.7. The van der Waals surface area contributed by atoms with Gasteiger partial charge in [-0.05, 0) is 44.5 Å². The van der Waals surface area contributed by atoms with Crippen LogP contribution in [-0.4, -0.2) is 54.9 Å². The van der Waals surface area contributed by atoms with E-state index in [0.717, 1.165) is 22.2 Å². The second-order valence-corrected chi connectivity index (χ2v) is 8.62. The molecule has 0 spiro atoms. The van der Waals surface area contributed by atoms with E-state index in [9.17, 15) is 14.7 Å². The highest BCUT2D eigenvalue weighted by Gasteiger charge is 2.32. The Morgan fingerprint density at radius 2 is 1.97 bits per heavy atom. The average molecular weight is 522 g/mol. The Labute approximate surface area is 219 Å². The van der Waals surface area contributed by atoms with Crippen LogP contribution in [0, 0.1) is 6.92 Å². The van der Waals surface area contributed by atoms with Gasteiger partial charge in [-0.25, -0.2) is 9.59 Å². The summed E-state index contributed by atoms with van der Waals surface area (Å²) in [4.78, 5) is 27.8. The number of carbonyl (C=O) groups excluding carboxylic acids is 2. The quantitative estimate of drug-likeness (QED) is 0.119. The van der Waals surface area contributed by atoms with Gasteiger partial charge in [0.05, 0.1) is 31.5 Å². The number of nitrogens with one attached hydrogen (secondary N) is 4. The summed E-state index contributed by atoms with van der Waals surface area (Å²) in [6, 6.07) is 11.8. The number of hydrogen-bond donors (Lipinski definition) is 5. The number of rotatable bonds is 10. The lowest BCUT2D eigenvalue weighted by molar-refractivity contribution is -0.136. The molecule has 2 amide bonds. The smallest absolute Gasteiger partial charge is 0.337 e. The minimum absolute atomic E-state index is 0.111. The first-order chi connectivity index (χ1) is 18.3. The highest BCUT2D eigenvalue weighted by molar-refractivity contribution is 6.00. The summed E-state index contributed by atoms with van der Waals surface area (Å²) in [5.74, 6) is 0.217. The van der Waals surface area contributed by atoms with Gasteiger partial charge in [-0.3, -0.25) is 5.43 Å². The number of carbonyl (C=O) groups is 2. The van der Waals surface area contributed by atoms with Gasteiger partial charge in [0.1, 0.15) is 6.61 Å². The van der Waals surface area contributed by atoms with Gasteiger partial charge in [-0.2, -0.15) is 5.10 Å². The number of aliphatic hydroxyl groups is 1. The molecule has 38 heavy (non-hydrogen) atoms. The SMILES string of the molecule is CCOc1cc([C@@H]2NC(=O)NC(C)=C2C(=O)OC)ccc1OC[C@@H](O)N/N=C\c1c(C)[nH]c2ccccc12. The van der Waals surface area contributed by atoms with Crippen LogP contribution < -0.4 is 25.5 Å². The monoisotopic (exact) mass is 521 g/mol. The van der Waals surface area contributed by atoms with Crippen LogP contribution in [0.1, 0.15) is 36.7 Å². The van der Waals surface area contributed by atoms with Crippen molar-refractivity contribution < 1.29 is 28.9 Å². The van der Waals surface area contributed by atoms with Crippen molar-refractivity contribution in [3.05, 3.63) is 70.6 Å². The van der Waals surface area contributed by atoms with Gasteiger partial charge in [0.25, 0.3) is 0 Å². The van der Waals surface area contributed by atoms with Crippen LogP contribution in [0.25, 0.3) is 10.9 Å². The molecule has 2 heterocycles. The molecule has 0 unspecified atom stereocenters. The Morgan fingerprint density at radius 3 is 2.74 bits per heavy atom. The molecular weight excluding hydrogens is 490 g/mol. The number of urea groups is 1. The van der Waals surface area contributed by atoms with Crippen molar-refractivity contribution >= 4 is 29.1 Å². The number of ether oxygens (including phenoxy) is 3. The van der Waals surface area contributed by atoms with E-state index in [4.69, 9.17) is 14.2 Å². The molecule has 2 atom stereocenters. The minimum atomic E-state index is -1.09. The number of aryl methyl sites for hydroxylation is 1. The van der Waals surface area contributed by atoms with Crippen LogP contribution in [0.2, 0.25) is 0 Å². The van der Waals surface area contributed by atoms with E-state index >= 15 is 0 Å². The number of aromatic amines is 1. The third-order valence-electron chi connectivity index (χ3n) is 6.03. The maximum atomic E-state index is 12.4. The molecule has 0 fully saturated rings. The number of para-hydroxylation sites is 1. The van der Waals surface area contributed by atoms with E-state index in [1.807, 2.05) is 38.1 Å². The van der Waals surface area contributed by atoms with Crippen molar-refractivity contribution in [2.75, 3.05) is 20.3 Å². The summed E-state index contributed by atoms with van der Waals surface area (Å²) in [7, 11) is 1.28. The van der Waals surface area contributed by atoms with E-state index in [1.54, 1.807) is 31.3 Å². The number of amides is 2. The topological polar surface area (TPSA) is 146 Å². The van der Waals surface area contributed by atoms with Crippen molar-refractivity contribution in [2.45, 2.75) is 33.0 Å². The van der Waals surface area contributed by atoms with Gasteiger partial charge in [-0.1, -0.05) is 24.3 Å². The number of allylic oxidation sites excluding steroid dienone is 1. The summed E-state index contributed by atoms with van der Waals surface area (Å²) in [6.45, 7) is 5.66. The van der Waals surface area contributed by atoms with Crippen LogP contribution >= 0.6 is 0 Å². The third kappa shape index (κ3) is 5.73. The molecule has 1 aromatic heterocycles. The Bertz CT molecular complexity index is 1400. The van der Waals surface area contributed by atoms with Crippen LogP contribution in [0.5, 0.6) is 11.5 Å². The molecule has 11 nitrogen and oxygen atoms in total. The summed E-state index contributed by atoms with van der Waals surface area (Å²) in [5, 5.41) is 20.9. The van der Waals surface area contributed by atoms with Crippen LogP contribution in [-0.2, 0) is 9.53 Å². The fraction of sp³-hybridized carbons (Fsp3) is 0.296. The molecule has 1 aliphatic heterocycles. The van der Waals surface area contributed by atoms with Crippen molar-refractivity contribution in [2.24, 2.45) is 5.10 Å². The van der Waals surface area contributed by atoms with Gasteiger partial charge in [0.2, 0.25) is 0 Å². The molecule has 0 aliphatic carbocycles. The predicted octanol–water partition coefficient (Wildman–Crippen LogP) is 3.00. The maximum absolute atomic E-state index is 12.4. The van der Waals surface area contributed by atoms with Gasteiger partial charge in [0, 0.05) is 27.9 Å². The van der Waals surface area contributed by atoms with Crippen molar-refractivity contribution in [3.8, 4) is 11.5 Å². The second-order valence-electron chi connectivity index (χ2n) is 8.62. The fourth-order valence-electron chi connectivity index (χ4n) is 4.27. The maximum Gasteiger partial charge on any atom is 0.337 e. The number of H-pyrrole nitrogens is 1. The molecule has 200 valence electrons. The molecule has 0 radical (unpaired) electrons. The zero-order chi connectivity index (χ0) is 27.2. The summed E-state index contributed by atoms with van der Waals surface area (Å²) < 4.78 is 16.4. The summed E-state index contributed by atoms with van der Waals surface area (Å²) >= 11 is 0. The molecule has 0 bridgehead atoms. The van der Waals surface area contributed by atoms with Crippen LogP contribution in [0.3, 0.4) is 0 Å². The first-order valence-electron chi connectivity index (χ1n) is 12.1. The molecular formula is C27H31N5O6. The summed E-state index contributed by atoms with van der Waals surface area (Å²) in [5.41, 5.74) is 6.86. The molecule has 1 aliphatic rings. The Morgan fingerprint density at radius 1 is 1.18 bits per heavy atom. The lowest BCUT2D eigenvalue weighted by Crippen LogP contribution is -2.45. The average Bonchev–Trinajstić information content (AvgIpc) is 3.22. The van der Waals surface area contributed by atoms with Crippen molar-refractivity contribution in [1.82, 2.24) is 21.0 Å². The number of aliphatic hydroxyl groups excluding tert-OH is 1.